The van der Waals surface area contributed by atoms with E-state index in [1.807, 2.05) is 0 Å². The monoisotopic (exact) mass is 584 g/mol. The Morgan fingerprint density at radius 1 is 1.10 bits per heavy atom. The Morgan fingerprint density at radius 2 is 1.80 bits per heavy atom. The fourth-order valence-electron chi connectivity index (χ4n) is 5.00. The number of anilines is 1. The van der Waals surface area contributed by atoms with Gasteiger partial charge in [0.1, 0.15) is 23.3 Å². The summed E-state index contributed by atoms with van der Waals surface area (Å²) in [6, 6.07) is 7.30. The minimum Gasteiger partial charge on any atom is -0.350 e. The Balaban J connectivity index is 1.83. The zero-order chi connectivity index (χ0) is 29.6. The third-order valence-electron chi connectivity index (χ3n) is 6.84. The van der Waals surface area contributed by atoms with Crippen LogP contribution in [-0.2, 0) is 14.8 Å². The van der Waals surface area contributed by atoms with Crippen molar-refractivity contribution in [3.8, 4) is 16.8 Å². The lowest BCUT2D eigenvalue weighted by Crippen LogP contribution is -2.54. The van der Waals surface area contributed by atoms with Gasteiger partial charge in [0.25, 0.3) is 10.0 Å². The molecule has 0 bridgehead atoms. The molecule has 1 fully saturated rings. The zero-order valence-corrected chi connectivity index (χ0v) is 22.4. The minimum absolute atomic E-state index is 0.0416. The van der Waals surface area contributed by atoms with Crippen LogP contribution in [0.1, 0.15) is 6.92 Å². The molecule has 1 aliphatic heterocycles. The number of amides is 1. The molecule has 5 rings (SSSR count). The Hall–Kier alpha value is -4.56. The van der Waals surface area contributed by atoms with E-state index in [0.29, 0.717) is 0 Å². The van der Waals surface area contributed by atoms with Crippen molar-refractivity contribution in [3.63, 3.8) is 0 Å². The van der Waals surface area contributed by atoms with Crippen LogP contribution in [0, 0.1) is 17.5 Å². The number of piperazine rings is 1. The number of carbonyl (C=O) groups is 1. The van der Waals surface area contributed by atoms with Crippen LogP contribution in [-0.4, -0.2) is 59.4 Å². The first-order valence-corrected chi connectivity index (χ1v) is 13.8. The normalized spacial score (nSPS) is 15.8. The summed E-state index contributed by atoms with van der Waals surface area (Å²) >= 11 is 0. The summed E-state index contributed by atoms with van der Waals surface area (Å²) in [5, 5.41) is 4.74. The summed E-state index contributed by atoms with van der Waals surface area (Å²) in [6.07, 6.45) is 2.34. The molecule has 1 aliphatic rings. The van der Waals surface area contributed by atoms with Crippen molar-refractivity contribution in [2.75, 3.05) is 24.5 Å². The highest BCUT2D eigenvalue weighted by Gasteiger charge is 2.30. The number of carbonyl (C=O) groups excluding carboxylic acids is 1. The molecule has 2 N–H and O–H groups in total. The van der Waals surface area contributed by atoms with E-state index in [4.69, 9.17) is 5.14 Å². The highest BCUT2D eigenvalue weighted by molar-refractivity contribution is 7.89. The van der Waals surface area contributed by atoms with Gasteiger partial charge in [0, 0.05) is 42.8 Å². The highest BCUT2D eigenvalue weighted by Crippen LogP contribution is 2.36. The first-order valence-electron chi connectivity index (χ1n) is 12.3. The Kier molecular flexibility index (Phi) is 7.13. The molecule has 1 amide bonds. The molecule has 1 saturated heterocycles. The predicted molar refractivity (Wildman–Crippen MR) is 145 cm³/mol. The van der Waals surface area contributed by atoms with Gasteiger partial charge < -0.3 is 9.80 Å². The summed E-state index contributed by atoms with van der Waals surface area (Å²) in [6.45, 7) is 5.99. The summed E-state index contributed by atoms with van der Waals surface area (Å²) in [5.41, 5.74) is -2.55. The van der Waals surface area contributed by atoms with Gasteiger partial charge in [0.05, 0.1) is 16.8 Å². The van der Waals surface area contributed by atoms with Gasteiger partial charge in [-0.3, -0.25) is 9.36 Å². The first kappa shape index (κ1) is 28.0. The standard InChI is InChI=1S/C27H23F3N6O4S/c1-3-23(37)34-10-11-35(15(2)14-34)25-17-12-20(30)16(24-18(28)6-4-7-19(24)29)13-22(17)36(27(38)33-25)21-8-5-9-32-26(21)41(31,39)40/h3-9,12-13,15H,1,10-11,14H2,2H3,(H2,31,39,40)/t15-/m0/s1. The van der Waals surface area contributed by atoms with Crippen LogP contribution in [0.25, 0.3) is 27.7 Å². The molecule has 4 aromatic rings. The molecule has 14 heteroatoms. The summed E-state index contributed by atoms with van der Waals surface area (Å²) in [7, 11) is -4.46. The highest BCUT2D eigenvalue weighted by atomic mass is 32.2. The van der Waals surface area contributed by atoms with E-state index in [1.165, 1.54) is 18.2 Å². The molecule has 41 heavy (non-hydrogen) atoms. The number of fused-ring (bicyclic) bond motifs is 1. The Labute approximate surface area is 232 Å². The summed E-state index contributed by atoms with van der Waals surface area (Å²) in [5.74, 6) is -3.34. The number of primary sulfonamides is 1. The second-order valence-electron chi connectivity index (χ2n) is 9.40. The molecule has 3 heterocycles. The Morgan fingerprint density at radius 3 is 2.44 bits per heavy atom. The topological polar surface area (TPSA) is 131 Å². The largest absolute Gasteiger partial charge is 0.354 e. The van der Waals surface area contributed by atoms with Crippen molar-refractivity contribution < 1.29 is 26.4 Å². The van der Waals surface area contributed by atoms with Gasteiger partial charge >= 0.3 is 5.69 Å². The number of hydrogen-bond acceptors (Lipinski definition) is 7. The number of hydrogen-bond donors (Lipinski definition) is 1. The SMILES string of the molecule is C=CC(=O)N1CCN(c2nc(=O)n(-c3cccnc3S(N)(=O)=O)c3cc(-c4c(F)cccc4F)c(F)cc23)[C@@H](C)C1. The lowest BCUT2D eigenvalue weighted by Gasteiger charge is -2.40. The van der Waals surface area contributed by atoms with E-state index in [0.717, 1.165) is 41.1 Å². The smallest absolute Gasteiger partial charge is 0.350 e. The van der Waals surface area contributed by atoms with Crippen molar-refractivity contribution in [2.45, 2.75) is 18.0 Å². The maximum atomic E-state index is 15.7. The van der Waals surface area contributed by atoms with E-state index < -0.39 is 49.3 Å². The molecule has 0 radical (unpaired) electrons. The molecule has 0 spiro atoms. The molecule has 0 aliphatic carbocycles. The number of benzene rings is 2. The van der Waals surface area contributed by atoms with Crippen molar-refractivity contribution in [1.29, 1.82) is 0 Å². The summed E-state index contributed by atoms with van der Waals surface area (Å²) in [4.78, 5) is 37.0. The number of sulfonamides is 1. The van der Waals surface area contributed by atoms with E-state index in [-0.39, 0.29) is 54.0 Å². The number of aromatic nitrogens is 3. The fourth-order valence-corrected chi connectivity index (χ4v) is 5.66. The Bertz CT molecular complexity index is 1880. The van der Waals surface area contributed by atoms with Gasteiger partial charge in [0.2, 0.25) is 5.91 Å². The third kappa shape index (κ3) is 4.95. The second kappa shape index (κ2) is 10.4. The van der Waals surface area contributed by atoms with Gasteiger partial charge in [-0.1, -0.05) is 12.6 Å². The van der Waals surface area contributed by atoms with Gasteiger partial charge in [-0.05, 0) is 49.4 Å². The van der Waals surface area contributed by atoms with Crippen molar-refractivity contribution in [1.82, 2.24) is 19.4 Å². The van der Waals surface area contributed by atoms with Crippen LogP contribution in [0.5, 0.6) is 0 Å². The van der Waals surface area contributed by atoms with E-state index in [1.54, 1.807) is 16.7 Å². The van der Waals surface area contributed by atoms with Crippen molar-refractivity contribution in [3.05, 3.63) is 89.3 Å². The van der Waals surface area contributed by atoms with E-state index >= 15 is 4.39 Å². The maximum absolute atomic E-state index is 15.7. The van der Waals surface area contributed by atoms with Crippen LogP contribution in [0.3, 0.4) is 0 Å². The summed E-state index contributed by atoms with van der Waals surface area (Å²) < 4.78 is 70.7. The first-order chi connectivity index (χ1) is 19.4. The maximum Gasteiger partial charge on any atom is 0.354 e. The number of rotatable bonds is 5. The van der Waals surface area contributed by atoms with Crippen LogP contribution in [0.15, 0.2) is 71.1 Å². The molecule has 0 unspecified atom stereocenters. The second-order valence-corrected chi connectivity index (χ2v) is 10.9. The van der Waals surface area contributed by atoms with Crippen LogP contribution in [0.4, 0.5) is 19.0 Å². The molecule has 0 saturated carbocycles. The average molecular weight is 585 g/mol. The third-order valence-corrected chi connectivity index (χ3v) is 7.69. The number of pyridine rings is 1. The van der Waals surface area contributed by atoms with E-state index in [2.05, 4.69) is 16.5 Å². The van der Waals surface area contributed by atoms with Gasteiger partial charge in [-0.15, -0.1) is 0 Å². The van der Waals surface area contributed by atoms with E-state index in [9.17, 15) is 26.8 Å². The van der Waals surface area contributed by atoms with Gasteiger partial charge in [0.15, 0.2) is 5.03 Å². The number of nitrogens with zero attached hydrogens (tertiary/aromatic N) is 5. The lowest BCUT2D eigenvalue weighted by atomic mass is 10.0. The zero-order valence-electron chi connectivity index (χ0n) is 21.6. The van der Waals surface area contributed by atoms with Crippen LogP contribution >= 0.6 is 0 Å². The van der Waals surface area contributed by atoms with Crippen LogP contribution < -0.4 is 15.7 Å². The molecule has 212 valence electrons. The van der Waals surface area contributed by atoms with Gasteiger partial charge in [-0.2, -0.15) is 4.98 Å². The molecular weight excluding hydrogens is 561 g/mol. The van der Waals surface area contributed by atoms with Crippen LogP contribution in [0.2, 0.25) is 0 Å². The molecular formula is C27H23F3N6O4S. The molecule has 1 atom stereocenters. The number of halogens is 3. The number of nitrogens with two attached hydrogens (primary N) is 1. The fraction of sp³-hybridized carbons (Fsp3) is 0.185. The predicted octanol–water partition coefficient (Wildman–Crippen LogP) is 2.74. The minimum atomic E-state index is -4.46. The molecule has 2 aromatic heterocycles. The molecule has 2 aromatic carbocycles. The quantitative estimate of drug-likeness (QED) is 0.357. The average Bonchev–Trinajstić information content (AvgIpc) is 2.92. The van der Waals surface area contributed by atoms with Crippen molar-refractivity contribution >= 4 is 32.7 Å². The van der Waals surface area contributed by atoms with Crippen molar-refractivity contribution in [2.24, 2.45) is 5.14 Å². The van der Waals surface area contributed by atoms with Gasteiger partial charge in [-0.25, -0.2) is 36.5 Å². The molecule has 10 nitrogen and oxygen atoms in total. The lowest BCUT2D eigenvalue weighted by molar-refractivity contribution is -0.126.